The number of hydrogen-bond acceptors (Lipinski definition) is 2. The molecule has 0 bridgehead atoms. The van der Waals surface area contributed by atoms with Crippen molar-refractivity contribution in [3.63, 3.8) is 0 Å². The summed E-state index contributed by atoms with van der Waals surface area (Å²) < 4.78 is 0. The van der Waals surface area contributed by atoms with Gasteiger partial charge in [0.1, 0.15) is 11.2 Å². The number of carboxylic acid groups (broad SMARTS) is 1. The third-order valence-corrected chi connectivity index (χ3v) is 3.25. The van der Waals surface area contributed by atoms with Gasteiger partial charge in [0.15, 0.2) is 0 Å². The highest BCUT2D eigenvalue weighted by Crippen LogP contribution is 2.57. The summed E-state index contributed by atoms with van der Waals surface area (Å²) in [6.07, 6.45) is 1.31. The van der Waals surface area contributed by atoms with Crippen molar-refractivity contribution in [2.45, 2.75) is 33.6 Å². The van der Waals surface area contributed by atoms with Crippen LogP contribution in [0.2, 0.25) is 0 Å². The summed E-state index contributed by atoms with van der Waals surface area (Å²) in [4.78, 5) is 22.2. The molecule has 0 radical (unpaired) electrons. The van der Waals surface area contributed by atoms with E-state index in [4.69, 9.17) is 5.11 Å². The van der Waals surface area contributed by atoms with Crippen LogP contribution >= 0.6 is 0 Å². The summed E-state index contributed by atoms with van der Waals surface area (Å²) >= 11 is 0. The van der Waals surface area contributed by atoms with Gasteiger partial charge in [0.2, 0.25) is 0 Å². The Morgan fingerprint density at radius 2 is 1.75 bits per heavy atom. The molecule has 0 aromatic heterocycles. The highest BCUT2D eigenvalue weighted by molar-refractivity contribution is 6.03. The van der Waals surface area contributed by atoms with E-state index in [1.165, 1.54) is 6.92 Å². The first-order valence-corrected chi connectivity index (χ1v) is 4.09. The number of carbonyl (C=O) groups is 2. The number of aliphatic carboxylic acids is 1. The van der Waals surface area contributed by atoms with E-state index < -0.39 is 11.4 Å². The first-order chi connectivity index (χ1) is 5.34. The lowest BCUT2D eigenvalue weighted by Crippen LogP contribution is -2.57. The van der Waals surface area contributed by atoms with Crippen LogP contribution in [0.25, 0.3) is 0 Å². The Kier molecular flexibility index (Phi) is 1.78. The van der Waals surface area contributed by atoms with Crippen LogP contribution in [0.1, 0.15) is 33.6 Å². The fraction of sp³-hybridized carbons (Fsp3) is 0.778. The Bertz CT molecular complexity index is 226. The second-order valence-electron chi connectivity index (χ2n) is 4.15. The summed E-state index contributed by atoms with van der Waals surface area (Å²) in [5.41, 5.74) is -1.47. The first-order valence-electron chi connectivity index (χ1n) is 4.09. The van der Waals surface area contributed by atoms with Crippen LogP contribution in [0, 0.1) is 10.8 Å². The van der Waals surface area contributed by atoms with Gasteiger partial charge in [-0.25, -0.2) is 0 Å². The Hall–Kier alpha value is -0.860. The molecule has 3 heteroatoms. The fourth-order valence-corrected chi connectivity index (χ4v) is 2.07. The SMILES string of the molecule is CC(=O)C1(C(=O)O)CCC1(C)C. The van der Waals surface area contributed by atoms with Crippen molar-refractivity contribution >= 4 is 11.8 Å². The van der Waals surface area contributed by atoms with E-state index in [9.17, 15) is 9.59 Å². The van der Waals surface area contributed by atoms with Crippen molar-refractivity contribution < 1.29 is 14.7 Å². The number of rotatable bonds is 2. The molecule has 1 N–H and O–H groups in total. The van der Waals surface area contributed by atoms with E-state index in [1.54, 1.807) is 0 Å². The van der Waals surface area contributed by atoms with E-state index in [2.05, 4.69) is 0 Å². The third kappa shape index (κ3) is 0.822. The van der Waals surface area contributed by atoms with Gasteiger partial charge in [0, 0.05) is 0 Å². The van der Waals surface area contributed by atoms with Crippen LogP contribution in [0.15, 0.2) is 0 Å². The van der Waals surface area contributed by atoms with Gasteiger partial charge in [-0.15, -0.1) is 0 Å². The van der Waals surface area contributed by atoms with Gasteiger partial charge in [-0.2, -0.15) is 0 Å². The average molecular weight is 170 g/mol. The van der Waals surface area contributed by atoms with Crippen molar-refractivity contribution in [2.24, 2.45) is 10.8 Å². The third-order valence-electron chi connectivity index (χ3n) is 3.25. The summed E-state index contributed by atoms with van der Waals surface area (Å²) in [5.74, 6) is -1.18. The quantitative estimate of drug-likeness (QED) is 0.638. The Morgan fingerprint density at radius 1 is 1.25 bits per heavy atom. The van der Waals surface area contributed by atoms with Crippen LogP contribution in [0.5, 0.6) is 0 Å². The monoisotopic (exact) mass is 170 g/mol. The highest BCUT2D eigenvalue weighted by Gasteiger charge is 2.61. The molecule has 1 aliphatic carbocycles. The molecule has 1 aliphatic rings. The van der Waals surface area contributed by atoms with Crippen molar-refractivity contribution in [1.82, 2.24) is 0 Å². The second-order valence-corrected chi connectivity index (χ2v) is 4.15. The van der Waals surface area contributed by atoms with Crippen LogP contribution in [0.4, 0.5) is 0 Å². The zero-order chi connectivity index (χ0) is 9.57. The number of ketones is 1. The predicted octanol–water partition coefficient (Wildman–Crippen LogP) is 1.47. The molecule has 1 saturated carbocycles. The predicted molar refractivity (Wildman–Crippen MR) is 43.8 cm³/mol. The fourth-order valence-electron chi connectivity index (χ4n) is 2.07. The molecule has 68 valence electrons. The molecule has 0 aliphatic heterocycles. The number of Topliss-reactive ketones (excluding diaryl/α,β-unsaturated/α-hetero) is 1. The highest BCUT2D eigenvalue weighted by atomic mass is 16.4. The summed E-state index contributed by atoms with van der Waals surface area (Å²) in [6.45, 7) is 5.05. The van der Waals surface area contributed by atoms with Crippen molar-refractivity contribution in [3.05, 3.63) is 0 Å². The standard InChI is InChI=1S/C9H14O3/c1-6(10)9(7(11)12)5-4-8(9,2)3/h4-5H2,1-3H3,(H,11,12). The molecule has 0 heterocycles. The molecule has 1 fully saturated rings. The van der Waals surface area contributed by atoms with Crippen LogP contribution in [0.3, 0.4) is 0 Å². The largest absolute Gasteiger partial charge is 0.480 e. The number of carboxylic acids is 1. The van der Waals surface area contributed by atoms with Crippen LogP contribution in [-0.4, -0.2) is 16.9 Å². The molecule has 0 spiro atoms. The molecule has 3 nitrogen and oxygen atoms in total. The molecule has 1 atom stereocenters. The second kappa shape index (κ2) is 2.31. The molecule has 0 aromatic rings. The Morgan fingerprint density at radius 3 is 1.75 bits per heavy atom. The van der Waals surface area contributed by atoms with Gasteiger partial charge in [-0.05, 0) is 25.2 Å². The lowest BCUT2D eigenvalue weighted by Gasteiger charge is -2.51. The van der Waals surface area contributed by atoms with Gasteiger partial charge < -0.3 is 5.11 Å². The van der Waals surface area contributed by atoms with E-state index in [-0.39, 0.29) is 11.2 Å². The maximum atomic E-state index is 11.2. The molecule has 12 heavy (non-hydrogen) atoms. The van der Waals surface area contributed by atoms with Gasteiger partial charge in [-0.1, -0.05) is 13.8 Å². The van der Waals surface area contributed by atoms with E-state index in [1.807, 2.05) is 13.8 Å². The first kappa shape index (κ1) is 9.23. The Labute approximate surface area is 71.8 Å². The van der Waals surface area contributed by atoms with Crippen molar-refractivity contribution in [2.75, 3.05) is 0 Å². The zero-order valence-corrected chi connectivity index (χ0v) is 7.68. The topological polar surface area (TPSA) is 54.4 Å². The summed E-state index contributed by atoms with van der Waals surface area (Å²) in [7, 11) is 0. The average Bonchev–Trinajstić information content (AvgIpc) is 1.84. The van der Waals surface area contributed by atoms with Gasteiger partial charge in [0.25, 0.3) is 0 Å². The lowest BCUT2D eigenvalue weighted by atomic mass is 9.49. The minimum absolute atomic E-state index is 0.216. The number of carbonyl (C=O) groups excluding carboxylic acids is 1. The lowest BCUT2D eigenvalue weighted by molar-refractivity contribution is -0.176. The molecule has 1 unspecified atom stereocenters. The smallest absolute Gasteiger partial charge is 0.317 e. The van der Waals surface area contributed by atoms with E-state index >= 15 is 0 Å². The van der Waals surface area contributed by atoms with Gasteiger partial charge in [-0.3, -0.25) is 9.59 Å². The normalized spacial score (nSPS) is 32.2. The van der Waals surface area contributed by atoms with Crippen LogP contribution in [-0.2, 0) is 9.59 Å². The van der Waals surface area contributed by atoms with Gasteiger partial charge >= 0.3 is 5.97 Å². The molecule has 0 amide bonds. The minimum atomic E-state index is -1.10. The molecular weight excluding hydrogens is 156 g/mol. The molecule has 1 rings (SSSR count). The van der Waals surface area contributed by atoms with Crippen molar-refractivity contribution in [1.29, 1.82) is 0 Å². The maximum Gasteiger partial charge on any atom is 0.317 e. The zero-order valence-electron chi connectivity index (χ0n) is 7.68. The van der Waals surface area contributed by atoms with Crippen molar-refractivity contribution in [3.8, 4) is 0 Å². The number of hydrogen-bond donors (Lipinski definition) is 1. The van der Waals surface area contributed by atoms with Crippen LogP contribution < -0.4 is 0 Å². The molecule has 0 aromatic carbocycles. The maximum absolute atomic E-state index is 11.2. The molecular formula is C9H14O3. The molecule has 0 saturated heterocycles. The summed E-state index contributed by atoms with van der Waals surface area (Å²) in [6, 6.07) is 0. The summed E-state index contributed by atoms with van der Waals surface area (Å²) in [5, 5.41) is 8.97. The Balaban J connectivity index is 3.06. The van der Waals surface area contributed by atoms with Gasteiger partial charge in [0.05, 0.1) is 0 Å². The van der Waals surface area contributed by atoms with E-state index in [0.29, 0.717) is 6.42 Å². The minimum Gasteiger partial charge on any atom is -0.480 e. The van der Waals surface area contributed by atoms with E-state index in [0.717, 1.165) is 6.42 Å².